The van der Waals surface area contributed by atoms with Gasteiger partial charge >= 0.3 is 5.97 Å². The van der Waals surface area contributed by atoms with Crippen LogP contribution < -0.4 is 0 Å². The van der Waals surface area contributed by atoms with Crippen molar-refractivity contribution in [3.63, 3.8) is 0 Å². The maximum absolute atomic E-state index is 13.3. The van der Waals surface area contributed by atoms with Gasteiger partial charge in [-0.3, -0.25) is 4.79 Å². The minimum Gasteiger partial charge on any atom is -0.478 e. The lowest BCUT2D eigenvalue weighted by Crippen LogP contribution is -2.23. The van der Waals surface area contributed by atoms with E-state index >= 15 is 0 Å². The van der Waals surface area contributed by atoms with E-state index < -0.39 is 11.8 Å². The number of amides is 1. The molecule has 1 amide bonds. The third-order valence-electron chi connectivity index (χ3n) is 2.03. The predicted octanol–water partition coefficient (Wildman–Crippen LogP) is 1.70. The summed E-state index contributed by atoms with van der Waals surface area (Å²) >= 11 is 0.986. The Labute approximate surface area is 102 Å². The average molecular weight is 257 g/mol. The standard InChI is InChI=1S/C11H12FNO3S/c1-13(2)10(14)6-17-9-5-7(11(15)16)3-4-8(9)12/h3-5H,6H2,1-2H3,(H,15,16). The van der Waals surface area contributed by atoms with Crippen molar-refractivity contribution in [1.29, 1.82) is 0 Å². The van der Waals surface area contributed by atoms with Gasteiger partial charge in [0.25, 0.3) is 0 Å². The number of carbonyl (C=O) groups is 2. The zero-order valence-corrected chi connectivity index (χ0v) is 10.3. The average Bonchev–Trinajstić information content (AvgIpc) is 2.26. The first-order chi connectivity index (χ1) is 7.91. The Morgan fingerprint density at radius 2 is 2.06 bits per heavy atom. The molecule has 0 saturated carbocycles. The van der Waals surface area contributed by atoms with Gasteiger partial charge in [0.05, 0.1) is 11.3 Å². The van der Waals surface area contributed by atoms with Gasteiger partial charge in [-0.25, -0.2) is 9.18 Å². The van der Waals surface area contributed by atoms with E-state index in [0.717, 1.165) is 17.8 Å². The van der Waals surface area contributed by atoms with Gasteiger partial charge in [0.15, 0.2) is 0 Å². The summed E-state index contributed by atoms with van der Waals surface area (Å²) in [6.07, 6.45) is 0. The van der Waals surface area contributed by atoms with Crippen molar-refractivity contribution in [1.82, 2.24) is 4.90 Å². The van der Waals surface area contributed by atoms with Crippen LogP contribution in [0.1, 0.15) is 10.4 Å². The molecule has 0 heterocycles. The van der Waals surface area contributed by atoms with E-state index in [0.29, 0.717) is 0 Å². The first-order valence-electron chi connectivity index (χ1n) is 4.77. The Morgan fingerprint density at radius 3 is 2.59 bits per heavy atom. The molecule has 0 saturated heterocycles. The quantitative estimate of drug-likeness (QED) is 0.834. The normalized spacial score (nSPS) is 10.1. The number of aromatic carboxylic acids is 1. The minimum atomic E-state index is -1.12. The number of carboxylic acid groups (broad SMARTS) is 1. The highest BCUT2D eigenvalue weighted by Crippen LogP contribution is 2.23. The number of halogens is 1. The minimum absolute atomic E-state index is 0.00574. The zero-order valence-electron chi connectivity index (χ0n) is 9.44. The van der Waals surface area contributed by atoms with Crippen LogP contribution >= 0.6 is 11.8 Å². The third-order valence-corrected chi connectivity index (χ3v) is 3.04. The number of carbonyl (C=O) groups excluding carboxylic acids is 1. The lowest BCUT2D eigenvalue weighted by atomic mass is 10.2. The molecule has 1 aromatic rings. The van der Waals surface area contributed by atoms with Gasteiger partial charge in [0.2, 0.25) is 5.91 Å². The van der Waals surface area contributed by atoms with Crippen LogP contribution in [0.25, 0.3) is 0 Å². The van der Waals surface area contributed by atoms with Gasteiger partial charge in [-0.1, -0.05) is 0 Å². The van der Waals surface area contributed by atoms with Crippen molar-refractivity contribution in [3.05, 3.63) is 29.6 Å². The molecular formula is C11H12FNO3S. The zero-order chi connectivity index (χ0) is 13.0. The largest absolute Gasteiger partial charge is 0.478 e. The van der Waals surface area contributed by atoms with Gasteiger partial charge < -0.3 is 10.0 Å². The molecule has 17 heavy (non-hydrogen) atoms. The smallest absolute Gasteiger partial charge is 0.335 e. The summed E-state index contributed by atoms with van der Waals surface area (Å²) in [6.45, 7) is 0. The summed E-state index contributed by atoms with van der Waals surface area (Å²) in [6, 6.07) is 3.51. The molecule has 0 bridgehead atoms. The van der Waals surface area contributed by atoms with Crippen molar-refractivity contribution < 1.29 is 19.1 Å². The Kier molecular flexibility index (Phi) is 4.51. The number of hydrogen-bond donors (Lipinski definition) is 1. The van der Waals surface area contributed by atoms with E-state index in [9.17, 15) is 14.0 Å². The number of thioether (sulfide) groups is 1. The van der Waals surface area contributed by atoms with Gasteiger partial charge in [0.1, 0.15) is 5.82 Å². The van der Waals surface area contributed by atoms with E-state index in [4.69, 9.17) is 5.11 Å². The highest BCUT2D eigenvalue weighted by Gasteiger charge is 2.11. The summed E-state index contributed by atoms with van der Waals surface area (Å²) < 4.78 is 13.3. The Hall–Kier alpha value is -1.56. The van der Waals surface area contributed by atoms with Gasteiger partial charge in [0, 0.05) is 19.0 Å². The maximum Gasteiger partial charge on any atom is 0.335 e. The van der Waals surface area contributed by atoms with Crippen molar-refractivity contribution in [2.45, 2.75) is 4.90 Å². The molecule has 0 unspecified atom stereocenters. The molecule has 0 fully saturated rings. The summed E-state index contributed by atoms with van der Waals surface area (Å²) in [7, 11) is 3.21. The molecule has 1 N–H and O–H groups in total. The van der Waals surface area contributed by atoms with Crippen molar-refractivity contribution in [3.8, 4) is 0 Å². The molecule has 0 spiro atoms. The maximum atomic E-state index is 13.3. The van der Waals surface area contributed by atoms with E-state index in [1.165, 1.54) is 17.0 Å². The monoisotopic (exact) mass is 257 g/mol. The van der Waals surface area contributed by atoms with Crippen molar-refractivity contribution in [2.24, 2.45) is 0 Å². The third kappa shape index (κ3) is 3.74. The highest BCUT2D eigenvalue weighted by molar-refractivity contribution is 8.00. The summed E-state index contributed by atoms with van der Waals surface area (Å²) in [5.74, 6) is -1.72. The first kappa shape index (κ1) is 13.5. The van der Waals surface area contributed by atoms with Crippen LogP contribution in [-0.4, -0.2) is 41.7 Å². The first-order valence-corrected chi connectivity index (χ1v) is 5.76. The van der Waals surface area contributed by atoms with Gasteiger partial charge in [-0.05, 0) is 18.2 Å². The molecule has 0 aliphatic rings. The molecule has 0 aromatic heterocycles. The molecule has 0 aliphatic heterocycles. The molecule has 92 valence electrons. The molecule has 0 radical (unpaired) electrons. The molecule has 6 heteroatoms. The van der Waals surface area contributed by atoms with Crippen LogP contribution in [0.5, 0.6) is 0 Å². The van der Waals surface area contributed by atoms with Crippen LogP contribution in [-0.2, 0) is 4.79 Å². The van der Waals surface area contributed by atoms with Gasteiger partial charge in [-0.2, -0.15) is 0 Å². The van der Waals surface area contributed by atoms with Crippen molar-refractivity contribution >= 4 is 23.6 Å². The molecule has 0 atom stereocenters. The highest BCUT2D eigenvalue weighted by atomic mass is 32.2. The Balaban J connectivity index is 2.80. The Morgan fingerprint density at radius 1 is 1.41 bits per heavy atom. The summed E-state index contributed by atoms with van der Waals surface area (Å²) in [5, 5.41) is 8.76. The molecule has 4 nitrogen and oxygen atoms in total. The lowest BCUT2D eigenvalue weighted by molar-refractivity contribution is -0.125. The fourth-order valence-electron chi connectivity index (χ4n) is 1.02. The van der Waals surface area contributed by atoms with E-state index in [2.05, 4.69) is 0 Å². The van der Waals surface area contributed by atoms with E-state index in [1.54, 1.807) is 14.1 Å². The molecule has 1 aromatic carbocycles. The summed E-state index contributed by atoms with van der Waals surface area (Å²) in [5.41, 5.74) is 0.00574. The second kappa shape index (κ2) is 5.67. The number of nitrogens with zero attached hydrogens (tertiary/aromatic N) is 1. The van der Waals surface area contributed by atoms with Crippen LogP contribution in [0.3, 0.4) is 0 Å². The van der Waals surface area contributed by atoms with Crippen LogP contribution in [0.2, 0.25) is 0 Å². The van der Waals surface area contributed by atoms with Crippen LogP contribution in [0.15, 0.2) is 23.1 Å². The number of hydrogen-bond acceptors (Lipinski definition) is 3. The van der Waals surface area contributed by atoms with Crippen molar-refractivity contribution in [2.75, 3.05) is 19.8 Å². The molecule has 0 aliphatic carbocycles. The van der Waals surface area contributed by atoms with E-state index in [1.807, 2.05) is 0 Å². The van der Waals surface area contributed by atoms with Crippen LogP contribution in [0, 0.1) is 5.82 Å². The lowest BCUT2D eigenvalue weighted by Gasteiger charge is -2.10. The van der Waals surface area contributed by atoms with Gasteiger partial charge in [-0.15, -0.1) is 11.8 Å². The predicted molar refractivity (Wildman–Crippen MR) is 62.8 cm³/mol. The Bertz CT molecular complexity index is 448. The fraction of sp³-hybridized carbons (Fsp3) is 0.273. The number of rotatable bonds is 4. The topological polar surface area (TPSA) is 57.6 Å². The van der Waals surface area contributed by atoms with Crippen LogP contribution in [0.4, 0.5) is 4.39 Å². The second-order valence-corrected chi connectivity index (χ2v) is 4.54. The fourth-order valence-corrected chi connectivity index (χ4v) is 1.97. The second-order valence-electron chi connectivity index (χ2n) is 3.53. The molecule has 1 rings (SSSR count). The number of carboxylic acids is 1. The van der Waals surface area contributed by atoms with E-state index in [-0.39, 0.29) is 22.1 Å². The number of benzene rings is 1. The summed E-state index contributed by atoms with van der Waals surface area (Å²) in [4.78, 5) is 23.6. The molecular weight excluding hydrogens is 245 g/mol. The SMILES string of the molecule is CN(C)C(=O)CSc1cc(C(=O)O)ccc1F.